The lowest BCUT2D eigenvalue weighted by Crippen LogP contribution is -2.37. The van der Waals surface area contributed by atoms with Gasteiger partial charge in [-0.2, -0.15) is 13.2 Å². The fourth-order valence-corrected chi connectivity index (χ4v) is 2.56. The Labute approximate surface area is 117 Å². The number of hydrogen-bond donors (Lipinski definition) is 1. The van der Waals surface area contributed by atoms with Crippen LogP contribution in [0.4, 0.5) is 18.9 Å². The molecule has 1 N–H and O–H groups in total. The van der Waals surface area contributed by atoms with Crippen LogP contribution in [0.15, 0.2) is 18.3 Å². The Morgan fingerprint density at radius 3 is 2.45 bits per heavy atom. The highest BCUT2D eigenvalue weighted by molar-refractivity contribution is 5.42. The molecule has 2 rings (SSSR count). The molecule has 0 radical (unpaired) electrons. The van der Waals surface area contributed by atoms with Crippen LogP contribution in [0.25, 0.3) is 0 Å². The maximum Gasteiger partial charge on any atom is 0.433 e. The molecule has 1 aliphatic rings. The van der Waals surface area contributed by atoms with Crippen LogP contribution >= 0.6 is 0 Å². The van der Waals surface area contributed by atoms with E-state index in [4.69, 9.17) is 0 Å². The zero-order valence-electron chi connectivity index (χ0n) is 11.7. The maximum atomic E-state index is 12.4. The van der Waals surface area contributed by atoms with Gasteiger partial charge in [0.15, 0.2) is 0 Å². The van der Waals surface area contributed by atoms with Gasteiger partial charge < -0.3 is 10.2 Å². The van der Waals surface area contributed by atoms with Crippen molar-refractivity contribution in [1.29, 1.82) is 0 Å². The summed E-state index contributed by atoms with van der Waals surface area (Å²) in [6.07, 6.45) is -0.899. The van der Waals surface area contributed by atoms with Crippen LogP contribution in [0.3, 0.4) is 0 Å². The Kier molecular flexibility index (Phi) is 4.52. The van der Waals surface area contributed by atoms with E-state index in [-0.39, 0.29) is 6.04 Å². The number of halogens is 3. The van der Waals surface area contributed by atoms with Crippen molar-refractivity contribution in [3.05, 3.63) is 24.0 Å². The summed E-state index contributed by atoms with van der Waals surface area (Å²) in [4.78, 5) is 5.76. The minimum atomic E-state index is -4.38. The first-order chi connectivity index (χ1) is 9.36. The smallest absolute Gasteiger partial charge is 0.381 e. The SMILES string of the molecule is CC(Nc1ccc(C(F)(F)F)nc1)C1CCN(C)CC1. The highest BCUT2D eigenvalue weighted by Crippen LogP contribution is 2.28. The first-order valence-corrected chi connectivity index (χ1v) is 6.84. The van der Waals surface area contributed by atoms with E-state index in [2.05, 4.69) is 29.2 Å². The Morgan fingerprint density at radius 2 is 1.95 bits per heavy atom. The summed E-state index contributed by atoms with van der Waals surface area (Å²) in [6, 6.07) is 2.70. The van der Waals surface area contributed by atoms with Crippen LogP contribution < -0.4 is 5.32 Å². The molecule has 3 nitrogen and oxygen atoms in total. The quantitative estimate of drug-likeness (QED) is 0.925. The lowest BCUT2D eigenvalue weighted by Gasteiger charge is -2.33. The molecule has 1 unspecified atom stereocenters. The number of rotatable bonds is 3. The van der Waals surface area contributed by atoms with E-state index in [1.807, 2.05) is 0 Å². The molecule has 0 amide bonds. The zero-order chi connectivity index (χ0) is 14.8. The number of aromatic nitrogens is 1. The fourth-order valence-electron chi connectivity index (χ4n) is 2.56. The van der Waals surface area contributed by atoms with E-state index in [1.54, 1.807) is 0 Å². The molecule has 1 atom stereocenters. The molecule has 1 saturated heterocycles. The summed E-state index contributed by atoms with van der Waals surface area (Å²) in [5.74, 6) is 0.550. The summed E-state index contributed by atoms with van der Waals surface area (Å²) in [7, 11) is 2.11. The fraction of sp³-hybridized carbons (Fsp3) is 0.643. The number of hydrogen-bond acceptors (Lipinski definition) is 3. The average Bonchev–Trinajstić information content (AvgIpc) is 2.39. The topological polar surface area (TPSA) is 28.2 Å². The van der Waals surface area contributed by atoms with E-state index in [0.717, 1.165) is 32.0 Å². The highest BCUT2D eigenvalue weighted by Gasteiger charge is 2.32. The van der Waals surface area contributed by atoms with Gasteiger partial charge in [0.1, 0.15) is 5.69 Å². The van der Waals surface area contributed by atoms with Gasteiger partial charge in [-0.15, -0.1) is 0 Å². The first-order valence-electron chi connectivity index (χ1n) is 6.84. The van der Waals surface area contributed by atoms with E-state index in [0.29, 0.717) is 11.6 Å². The molecule has 2 heterocycles. The van der Waals surface area contributed by atoms with E-state index >= 15 is 0 Å². The van der Waals surface area contributed by atoms with Crippen LogP contribution in [-0.2, 0) is 6.18 Å². The van der Waals surface area contributed by atoms with Crippen LogP contribution in [0.2, 0.25) is 0 Å². The largest absolute Gasteiger partial charge is 0.433 e. The van der Waals surface area contributed by atoms with Crippen LogP contribution in [0, 0.1) is 5.92 Å². The van der Waals surface area contributed by atoms with Crippen LogP contribution in [0.5, 0.6) is 0 Å². The predicted molar refractivity (Wildman–Crippen MR) is 72.5 cm³/mol. The summed E-state index contributed by atoms with van der Waals surface area (Å²) >= 11 is 0. The van der Waals surface area contributed by atoms with Gasteiger partial charge in [-0.25, -0.2) is 4.98 Å². The Balaban J connectivity index is 1.93. The third-order valence-corrected chi connectivity index (χ3v) is 3.92. The van der Waals surface area contributed by atoms with Crippen molar-refractivity contribution in [3.8, 4) is 0 Å². The number of anilines is 1. The third-order valence-electron chi connectivity index (χ3n) is 3.92. The van der Waals surface area contributed by atoms with Gasteiger partial charge in [0, 0.05) is 6.04 Å². The van der Waals surface area contributed by atoms with Gasteiger partial charge >= 0.3 is 6.18 Å². The molecule has 112 valence electrons. The number of nitrogens with one attached hydrogen (secondary N) is 1. The summed E-state index contributed by atoms with van der Waals surface area (Å²) in [6.45, 7) is 4.22. The van der Waals surface area contributed by atoms with E-state index in [9.17, 15) is 13.2 Å². The summed E-state index contributed by atoms with van der Waals surface area (Å²) < 4.78 is 37.3. The minimum Gasteiger partial charge on any atom is -0.381 e. The number of nitrogens with zero attached hydrogens (tertiary/aromatic N) is 2. The van der Waals surface area contributed by atoms with Gasteiger partial charge in [-0.1, -0.05) is 0 Å². The van der Waals surface area contributed by atoms with Crippen LogP contribution in [0.1, 0.15) is 25.5 Å². The van der Waals surface area contributed by atoms with E-state index in [1.165, 1.54) is 12.3 Å². The monoisotopic (exact) mass is 287 g/mol. The number of pyridine rings is 1. The molecule has 1 aliphatic heterocycles. The van der Waals surface area contributed by atoms with Crippen molar-refractivity contribution in [2.45, 2.75) is 32.0 Å². The molecular weight excluding hydrogens is 267 g/mol. The Morgan fingerprint density at radius 1 is 1.30 bits per heavy atom. The summed E-state index contributed by atoms with van der Waals surface area (Å²) in [5, 5.41) is 3.26. The second-order valence-electron chi connectivity index (χ2n) is 5.50. The van der Waals surface area contributed by atoms with Crippen molar-refractivity contribution >= 4 is 5.69 Å². The second-order valence-corrected chi connectivity index (χ2v) is 5.50. The van der Waals surface area contributed by atoms with Crippen LogP contribution in [-0.4, -0.2) is 36.1 Å². The molecule has 0 spiro atoms. The van der Waals surface area contributed by atoms with Crippen molar-refractivity contribution in [3.63, 3.8) is 0 Å². The molecule has 1 aromatic rings. The first kappa shape index (κ1) is 15.1. The Bertz CT molecular complexity index is 422. The molecule has 0 bridgehead atoms. The summed E-state index contributed by atoms with van der Waals surface area (Å²) in [5.41, 5.74) is -0.209. The lowest BCUT2D eigenvalue weighted by atomic mass is 9.90. The van der Waals surface area contributed by atoms with Crippen molar-refractivity contribution in [2.24, 2.45) is 5.92 Å². The lowest BCUT2D eigenvalue weighted by molar-refractivity contribution is -0.141. The molecule has 20 heavy (non-hydrogen) atoms. The van der Waals surface area contributed by atoms with Gasteiger partial charge in [0.25, 0.3) is 0 Å². The predicted octanol–water partition coefficient (Wildman–Crippen LogP) is 3.24. The number of piperidine rings is 1. The normalized spacial score (nSPS) is 19.9. The van der Waals surface area contributed by atoms with Gasteiger partial charge in [0.05, 0.1) is 11.9 Å². The zero-order valence-corrected chi connectivity index (χ0v) is 11.7. The highest BCUT2D eigenvalue weighted by atomic mass is 19.4. The molecule has 0 aliphatic carbocycles. The van der Waals surface area contributed by atoms with Gasteiger partial charge in [-0.3, -0.25) is 0 Å². The molecule has 0 saturated carbocycles. The molecule has 1 fully saturated rings. The van der Waals surface area contributed by atoms with E-state index < -0.39 is 11.9 Å². The van der Waals surface area contributed by atoms with Crippen molar-refractivity contribution in [2.75, 3.05) is 25.5 Å². The Hall–Kier alpha value is -1.30. The average molecular weight is 287 g/mol. The molecule has 6 heteroatoms. The van der Waals surface area contributed by atoms with Gasteiger partial charge in [-0.05, 0) is 58.0 Å². The van der Waals surface area contributed by atoms with Crippen molar-refractivity contribution in [1.82, 2.24) is 9.88 Å². The number of alkyl halides is 3. The molecular formula is C14H20F3N3. The maximum absolute atomic E-state index is 12.4. The minimum absolute atomic E-state index is 0.238. The van der Waals surface area contributed by atoms with Crippen molar-refractivity contribution < 1.29 is 13.2 Å². The molecule has 0 aromatic carbocycles. The second kappa shape index (κ2) is 5.99. The standard InChI is InChI=1S/C14H20F3N3/c1-10(11-5-7-20(2)8-6-11)19-12-3-4-13(18-9-12)14(15,16)17/h3-4,9-11,19H,5-8H2,1-2H3. The molecule has 1 aromatic heterocycles. The third kappa shape index (κ3) is 3.85. The number of likely N-dealkylation sites (tertiary alicyclic amines) is 1. The van der Waals surface area contributed by atoms with Gasteiger partial charge in [0.2, 0.25) is 0 Å².